The van der Waals surface area contributed by atoms with E-state index in [1.165, 1.54) is 77.0 Å². The zero-order chi connectivity index (χ0) is 45.2. The van der Waals surface area contributed by atoms with Crippen LogP contribution in [0.1, 0.15) is 220 Å². The number of unbranched alkanes of at least 4 members (excludes halogenated alkanes) is 20. The minimum Gasteiger partial charge on any atom is -0.462 e. The lowest BCUT2D eigenvalue weighted by Gasteiger charge is -2.24. The van der Waals surface area contributed by atoms with Crippen LogP contribution in [0.4, 0.5) is 0 Å². The number of nitrogens with one attached hydrogen (secondary N) is 1. The zero-order valence-corrected chi connectivity index (χ0v) is 40.2. The van der Waals surface area contributed by atoms with Crippen molar-refractivity contribution in [3.05, 3.63) is 97.2 Å². The fourth-order valence-corrected chi connectivity index (χ4v) is 7.11. The topological polar surface area (TPSA) is 95.9 Å². The van der Waals surface area contributed by atoms with Crippen molar-refractivity contribution in [3.8, 4) is 0 Å². The fourth-order valence-electron chi connectivity index (χ4n) is 7.11. The molecule has 62 heavy (non-hydrogen) atoms. The number of hydrogen-bond acceptors (Lipinski definition) is 5. The van der Waals surface area contributed by atoms with Crippen molar-refractivity contribution in [2.24, 2.45) is 0 Å². The summed E-state index contributed by atoms with van der Waals surface area (Å²) in [5, 5.41) is 23.7. The third-order valence-corrected chi connectivity index (χ3v) is 11.0. The Bertz CT molecular complexity index is 1240. The van der Waals surface area contributed by atoms with Crippen molar-refractivity contribution in [3.63, 3.8) is 0 Å². The van der Waals surface area contributed by atoms with Gasteiger partial charge in [0, 0.05) is 6.42 Å². The van der Waals surface area contributed by atoms with Gasteiger partial charge < -0.3 is 20.3 Å². The largest absolute Gasteiger partial charge is 0.462 e. The number of ether oxygens (including phenoxy) is 1. The molecule has 0 radical (unpaired) electrons. The summed E-state index contributed by atoms with van der Waals surface area (Å²) in [6.07, 6.45) is 64.6. The highest BCUT2D eigenvalue weighted by molar-refractivity contribution is 5.77. The first-order chi connectivity index (χ1) is 30.5. The number of aliphatic hydroxyl groups excluding tert-OH is 2. The summed E-state index contributed by atoms with van der Waals surface area (Å²) < 4.78 is 5.90. The van der Waals surface area contributed by atoms with Gasteiger partial charge in [0.1, 0.15) is 6.10 Å². The molecular weight excluding hydrogens is 767 g/mol. The van der Waals surface area contributed by atoms with Crippen molar-refractivity contribution in [2.45, 2.75) is 238 Å². The molecule has 0 fully saturated rings. The second kappa shape index (κ2) is 48.8. The SMILES string of the molecule is CCC/C=C/C=C/C=C/C=C/C=C/CCCCCCCC(=O)OC(CCCC/C=C\C/C=C\C/C=C\CCCCC)CC(=O)NC(CO)C(O)CCCCCCCCCCCC. The van der Waals surface area contributed by atoms with Crippen molar-refractivity contribution in [2.75, 3.05) is 6.61 Å². The number of hydrogen-bond donors (Lipinski definition) is 3. The molecule has 6 heteroatoms. The van der Waals surface area contributed by atoms with Crippen LogP contribution < -0.4 is 5.32 Å². The highest BCUT2D eigenvalue weighted by Gasteiger charge is 2.24. The highest BCUT2D eigenvalue weighted by atomic mass is 16.5. The van der Waals surface area contributed by atoms with E-state index in [1.54, 1.807) is 0 Å². The normalized spacial score (nSPS) is 14.1. The van der Waals surface area contributed by atoms with Crippen LogP contribution in [0.25, 0.3) is 0 Å². The molecule has 0 rings (SSSR count). The maximum atomic E-state index is 13.2. The molecule has 0 aliphatic carbocycles. The average molecular weight is 862 g/mol. The van der Waals surface area contributed by atoms with Gasteiger partial charge in [0.15, 0.2) is 0 Å². The number of rotatable bonds is 44. The second-order valence-electron chi connectivity index (χ2n) is 17.0. The Morgan fingerprint density at radius 2 is 0.919 bits per heavy atom. The van der Waals surface area contributed by atoms with Crippen LogP contribution in [0.2, 0.25) is 0 Å². The molecule has 1 amide bonds. The van der Waals surface area contributed by atoms with Gasteiger partial charge >= 0.3 is 5.97 Å². The summed E-state index contributed by atoms with van der Waals surface area (Å²) in [6.45, 7) is 6.33. The van der Waals surface area contributed by atoms with E-state index in [4.69, 9.17) is 4.74 Å². The molecule has 0 aromatic heterocycles. The van der Waals surface area contributed by atoms with Crippen LogP contribution >= 0.6 is 0 Å². The molecule has 0 aliphatic heterocycles. The molecule has 6 nitrogen and oxygen atoms in total. The first kappa shape index (κ1) is 58.8. The molecule has 0 bridgehead atoms. The van der Waals surface area contributed by atoms with Gasteiger partial charge in [-0.05, 0) is 83.5 Å². The molecule has 354 valence electrons. The summed E-state index contributed by atoms with van der Waals surface area (Å²) in [5.41, 5.74) is 0. The first-order valence-electron chi connectivity index (χ1n) is 25.5. The monoisotopic (exact) mass is 862 g/mol. The molecule has 0 aromatic rings. The van der Waals surface area contributed by atoms with E-state index < -0.39 is 18.2 Å². The lowest BCUT2D eigenvalue weighted by Crippen LogP contribution is -2.46. The van der Waals surface area contributed by atoms with Gasteiger partial charge in [-0.2, -0.15) is 0 Å². The maximum absolute atomic E-state index is 13.2. The summed E-state index contributed by atoms with van der Waals surface area (Å²) in [7, 11) is 0. The van der Waals surface area contributed by atoms with E-state index in [0.29, 0.717) is 19.3 Å². The minimum atomic E-state index is -0.807. The molecule has 0 saturated heterocycles. The smallest absolute Gasteiger partial charge is 0.306 e. The zero-order valence-electron chi connectivity index (χ0n) is 40.2. The summed E-state index contributed by atoms with van der Waals surface area (Å²) in [4.78, 5) is 26.1. The van der Waals surface area contributed by atoms with Gasteiger partial charge in [-0.3, -0.25) is 9.59 Å². The molecule has 0 aliphatic rings. The van der Waals surface area contributed by atoms with E-state index in [-0.39, 0.29) is 24.9 Å². The van der Waals surface area contributed by atoms with Crippen LogP contribution in [-0.4, -0.2) is 46.9 Å². The molecule has 3 atom stereocenters. The van der Waals surface area contributed by atoms with Gasteiger partial charge in [0.05, 0.1) is 25.2 Å². The van der Waals surface area contributed by atoms with Crippen molar-refractivity contribution in [1.29, 1.82) is 0 Å². The maximum Gasteiger partial charge on any atom is 0.306 e. The molecule has 0 spiro atoms. The standard InChI is InChI=1S/C56H95NO5/c1-4-7-10-13-16-19-22-24-26-27-28-30-32-34-37-40-43-46-49-56(61)62-52(47-44-41-38-35-33-31-29-25-23-20-17-14-11-8-5-2)50-55(60)57-53(51-58)54(59)48-45-42-39-36-21-18-15-12-9-6-3/h10,13,16-17,19-20,22,24-30,33,35,52-54,58-59H,4-9,11-12,14-15,18,21,23,31-32,34,36-51H2,1-3H3,(H,57,60)/b13-10+,19-16+,20-17-,24-22+,27-26+,29-25-,30-28+,35-33-. The van der Waals surface area contributed by atoms with E-state index >= 15 is 0 Å². The van der Waals surface area contributed by atoms with E-state index in [2.05, 4.69) is 99.0 Å². The second-order valence-corrected chi connectivity index (χ2v) is 17.0. The van der Waals surface area contributed by atoms with Crippen LogP contribution in [0.15, 0.2) is 97.2 Å². The van der Waals surface area contributed by atoms with Gasteiger partial charge in [-0.15, -0.1) is 0 Å². The minimum absolute atomic E-state index is 0.0354. The molecule has 0 saturated carbocycles. The number of allylic oxidation sites excluding steroid dienone is 16. The lowest BCUT2D eigenvalue weighted by atomic mass is 10.0. The Morgan fingerprint density at radius 3 is 1.50 bits per heavy atom. The quantitative estimate of drug-likeness (QED) is 0.0245. The molecular formula is C56H95NO5. The van der Waals surface area contributed by atoms with Gasteiger partial charge in [0.25, 0.3) is 0 Å². The summed E-state index contributed by atoms with van der Waals surface area (Å²) >= 11 is 0. The van der Waals surface area contributed by atoms with E-state index in [9.17, 15) is 19.8 Å². The Balaban J connectivity index is 4.73. The average Bonchev–Trinajstić information content (AvgIpc) is 3.26. The Kier molecular flexibility index (Phi) is 46.3. The van der Waals surface area contributed by atoms with Gasteiger partial charge in [-0.1, -0.05) is 221 Å². The van der Waals surface area contributed by atoms with Gasteiger partial charge in [0.2, 0.25) is 5.91 Å². The third kappa shape index (κ3) is 43.4. The molecule has 0 aromatic carbocycles. The van der Waals surface area contributed by atoms with Crippen molar-refractivity contribution >= 4 is 11.9 Å². The van der Waals surface area contributed by atoms with Crippen molar-refractivity contribution < 1.29 is 24.5 Å². The van der Waals surface area contributed by atoms with Crippen LogP contribution in [0.3, 0.4) is 0 Å². The number of esters is 1. The van der Waals surface area contributed by atoms with Crippen LogP contribution in [0.5, 0.6) is 0 Å². The molecule has 0 heterocycles. The van der Waals surface area contributed by atoms with E-state index in [1.807, 2.05) is 24.3 Å². The third-order valence-electron chi connectivity index (χ3n) is 11.0. The Morgan fingerprint density at radius 1 is 0.484 bits per heavy atom. The summed E-state index contributed by atoms with van der Waals surface area (Å²) in [5.74, 6) is -0.548. The van der Waals surface area contributed by atoms with E-state index in [0.717, 1.165) is 96.3 Å². The molecule has 3 N–H and O–H groups in total. The number of amides is 1. The van der Waals surface area contributed by atoms with Crippen LogP contribution in [0, 0.1) is 0 Å². The number of carbonyl (C=O) groups excluding carboxylic acids is 2. The molecule has 3 unspecified atom stereocenters. The number of carbonyl (C=O) groups is 2. The Labute approximate surface area is 382 Å². The number of aliphatic hydroxyl groups is 2. The lowest BCUT2D eigenvalue weighted by molar-refractivity contribution is -0.151. The summed E-state index contributed by atoms with van der Waals surface area (Å²) in [6, 6.07) is -0.724. The fraction of sp³-hybridized carbons (Fsp3) is 0.679. The predicted molar refractivity (Wildman–Crippen MR) is 268 cm³/mol. The van der Waals surface area contributed by atoms with Gasteiger partial charge in [-0.25, -0.2) is 0 Å². The predicted octanol–water partition coefficient (Wildman–Crippen LogP) is 15.3. The highest BCUT2D eigenvalue weighted by Crippen LogP contribution is 2.16. The first-order valence-corrected chi connectivity index (χ1v) is 25.5. The van der Waals surface area contributed by atoms with Crippen molar-refractivity contribution in [1.82, 2.24) is 5.32 Å². The Hall–Kier alpha value is -3.22. The van der Waals surface area contributed by atoms with Crippen LogP contribution in [-0.2, 0) is 14.3 Å².